The van der Waals surface area contributed by atoms with Gasteiger partial charge in [0, 0.05) is 29.1 Å². The second kappa shape index (κ2) is 7.19. The maximum atomic E-state index is 5.98. The summed E-state index contributed by atoms with van der Waals surface area (Å²) in [6.45, 7) is 1.12. The molecule has 2 aromatic heterocycles. The predicted octanol–water partition coefficient (Wildman–Crippen LogP) is 4.96. The largest absolute Gasteiger partial charge is 0.493 e. The zero-order chi connectivity index (χ0) is 18.8. The number of fused-ring (bicyclic) bond motifs is 4. The van der Waals surface area contributed by atoms with Crippen LogP contribution in [0.3, 0.4) is 0 Å². The van der Waals surface area contributed by atoms with Gasteiger partial charge in [-0.25, -0.2) is 4.98 Å². The highest BCUT2D eigenvalue weighted by molar-refractivity contribution is 5.93. The van der Waals surface area contributed by atoms with Crippen molar-refractivity contribution < 1.29 is 9.47 Å². The third-order valence-corrected chi connectivity index (χ3v) is 4.80. The summed E-state index contributed by atoms with van der Waals surface area (Å²) in [5.74, 6) is 1.49. The monoisotopic (exact) mass is 369 g/mol. The van der Waals surface area contributed by atoms with Gasteiger partial charge in [-0.15, -0.1) is 0 Å². The molecule has 1 aliphatic heterocycles. The number of H-pyrrole nitrogens is 1. The zero-order valence-electron chi connectivity index (χ0n) is 15.3. The van der Waals surface area contributed by atoms with Crippen LogP contribution in [0.1, 0.15) is 17.7 Å². The lowest BCUT2D eigenvalue weighted by Gasteiger charge is -2.11. The second-order valence-corrected chi connectivity index (χ2v) is 6.65. The lowest BCUT2D eigenvalue weighted by atomic mass is 10.0. The first-order valence-electron chi connectivity index (χ1n) is 9.35. The Bertz CT molecular complexity index is 1160. The van der Waals surface area contributed by atoms with Gasteiger partial charge in [-0.1, -0.05) is 24.3 Å². The molecule has 0 aliphatic carbocycles. The van der Waals surface area contributed by atoms with Crippen LogP contribution in [0.25, 0.3) is 34.2 Å². The number of hydrogen-bond donors (Lipinski definition) is 1. The SMILES string of the molecule is C1=C/c2[nH]nc3ccc(cc23)-c2cccnc2OCCCOc2ccccc2/1. The van der Waals surface area contributed by atoms with E-state index in [0.717, 1.165) is 45.5 Å². The Balaban J connectivity index is 1.66. The fourth-order valence-corrected chi connectivity index (χ4v) is 3.38. The quantitative estimate of drug-likeness (QED) is 0.476. The van der Waals surface area contributed by atoms with E-state index in [1.807, 2.05) is 48.5 Å². The van der Waals surface area contributed by atoms with Crippen LogP contribution in [0.4, 0.5) is 0 Å². The van der Waals surface area contributed by atoms with Crippen molar-refractivity contribution >= 4 is 23.1 Å². The molecule has 0 amide bonds. The topological polar surface area (TPSA) is 60.0 Å². The molecule has 5 nitrogen and oxygen atoms in total. The van der Waals surface area contributed by atoms with E-state index in [2.05, 4.69) is 33.4 Å². The first kappa shape index (κ1) is 16.6. The molecule has 2 aromatic carbocycles. The Labute approximate surface area is 162 Å². The van der Waals surface area contributed by atoms with Gasteiger partial charge in [0.25, 0.3) is 0 Å². The van der Waals surface area contributed by atoms with E-state index in [-0.39, 0.29) is 0 Å². The Morgan fingerprint density at radius 3 is 2.82 bits per heavy atom. The average Bonchev–Trinajstić information content (AvgIpc) is 3.14. The van der Waals surface area contributed by atoms with Crippen LogP contribution >= 0.6 is 0 Å². The third-order valence-electron chi connectivity index (χ3n) is 4.80. The molecule has 0 fully saturated rings. The molecule has 138 valence electrons. The van der Waals surface area contributed by atoms with Gasteiger partial charge in [0.2, 0.25) is 5.88 Å². The highest BCUT2D eigenvalue weighted by Crippen LogP contribution is 2.32. The number of para-hydroxylation sites is 1. The van der Waals surface area contributed by atoms with E-state index in [1.54, 1.807) is 6.20 Å². The van der Waals surface area contributed by atoms with Crippen molar-refractivity contribution in [2.75, 3.05) is 13.2 Å². The number of pyridine rings is 1. The number of hydrogen-bond acceptors (Lipinski definition) is 4. The maximum Gasteiger partial charge on any atom is 0.221 e. The summed E-state index contributed by atoms with van der Waals surface area (Å²) >= 11 is 0. The van der Waals surface area contributed by atoms with E-state index in [4.69, 9.17) is 9.47 Å². The molecule has 0 atom stereocenters. The normalized spacial score (nSPS) is 14.9. The standard InChI is InChI=1S/C23H19N3O2/c1-2-7-22-16(5-1)8-10-20-19-15-17(9-11-21(19)26-25-20)18-6-3-12-24-23(18)28-14-4-13-27-22/h1-3,5-12,15H,4,13-14H2,(H,25,26)/b10-8+. The summed E-state index contributed by atoms with van der Waals surface area (Å²) in [4.78, 5) is 4.43. The molecule has 28 heavy (non-hydrogen) atoms. The van der Waals surface area contributed by atoms with E-state index >= 15 is 0 Å². The van der Waals surface area contributed by atoms with Gasteiger partial charge in [0.05, 0.1) is 24.4 Å². The lowest BCUT2D eigenvalue weighted by Crippen LogP contribution is -2.06. The van der Waals surface area contributed by atoms with Crippen LogP contribution in [0.2, 0.25) is 0 Å². The molecule has 1 N–H and O–H groups in total. The zero-order valence-corrected chi connectivity index (χ0v) is 15.3. The van der Waals surface area contributed by atoms with Gasteiger partial charge < -0.3 is 9.47 Å². The molecule has 0 spiro atoms. The summed E-state index contributed by atoms with van der Waals surface area (Å²) in [5.41, 5.74) is 4.93. The van der Waals surface area contributed by atoms with Gasteiger partial charge in [-0.2, -0.15) is 5.10 Å². The first-order chi connectivity index (χ1) is 13.9. The molecular weight excluding hydrogens is 350 g/mol. The molecule has 4 aromatic rings. The molecule has 5 heteroatoms. The summed E-state index contributed by atoms with van der Waals surface area (Å²) in [6, 6.07) is 18.2. The Morgan fingerprint density at radius 1 is 0.893 bits per heavy atom. The van der Waals surface area contributed by atoms with Crippen LogP contribution in [0.15, 0.2) is 60.8 Å². The van der Waals surface area contributed by atoms with Crippen LogP contribution < -0.4 is 9.47 Å². The molecule has 5 rings (SSSR count). The second-order valence-electron chi connectivity index (χ2n) is 6.65. The summed E-state index contributed by atoms with van der Waals surface area (Å²) in [6.07, 6.45) is 6.63. The molecule has 0 radical (unpaired) electrons. The summed E-state index contributed by atoms with van der Waals surface area (Å²) in [5, 5.41) is 8.61. The minimum Gasteiger partial charge on any atom is -0.493 e. The minimum atomic E-state index is 0.543. The van der Waals surface area contributed by atoms with Crippen molar-refractivity contribution in [2.24, 2.45) is 0 Å². The molecule has 0 saturated heterocycles. The van der Waals surface area contributed by atoms with E-state index in [0.29, 0.717) is 19.1 Å². The smallest absolute Gasteiger partial charge is 0.221 e. The van der Waals surface area contributed by atoms with Gasteiger partial charge in [-0.05, 0) is 48.0 Å². The van der Waals surface area contributed by atoms with Crippen LogP contribution in [0.5, 0.6) is 11.6 Å². The summed E-state index contributed by atoms with van der Waals surface area (Å²) in [7, 11) is 0. The van der Waals surface area contributed by atoms with Gasteiger partial charge in [0.1, 0.15) is 5.75 Å². The van der Waals surface area contributed by atoms with Crippen molar-refractivity contribution in [3.8, 4) is 22.8 Å². The Hall–Kier alpha value is -3.60. The van der Waals surface area contributed by atoms with E-state index in [9.17, 15) is 0 Å². The molecule has 0 unspecified atom stereocenters. The van der Waals surface area contributed by atoms with Gasteiger partial charge in [-0.3, -0.25) is 5.10 Å². The Kier molecular flexibility index (Phi) is 4.26. The predicted molar refractivity (Wildman–Crippen MR) is 110 cm³/mol. The van der Waals surface area contributed by atoms with Crippen LogP contribution in [0, 0.1) is 0 Å². The number of nitrogens with zero attached hydrogens (tertiary/aromatic N) is 2. The fraction of sp³-hybridized carbons (Fsp3) is 0.130. The van der Waals surface area contributed by atoms with Crippen molar-refractivity contribution in [2.45, 2.75) is 6.42 Å². The number of rotatable bonds is 0. The van der Waals surface area contributed by atoms with Crippen molar-refractivity contribution in [1.29, 1.82) is 0 Å². The molecule has 0 saturated carbocycles. The third kappa shape index (κ3) is 3.11. The Morgan fingerprint density at radius 2 is 1.82 bits per heavy atom. The molecular formula is C23H19N3O2. The maximum absolute atomic E-state index is 5.98. The number of nitrogens with one attached hydrogen (secondary N) is 1. The highest BCUT2D eigenvalue weighted by Gasteiger charge is 2.11. The lowest BCUT2D eigenvalue weighted by molar-refractivity contribution is 0.242. The van der Waals surface area contributed by atoms with Crippen LogP contribution in [-0.2, 0) is 0 Å². The average molecular weight is 369 g/mol. The minimum absolute atomic E-state index is 0.543. The van der Waals surface area contributed by atoms with Crippen molar-refractivity contribution in [3.63, 3.8) is 0 Å². The molecule has 1 aliphatic rings. The number of aromatic amines is 1. The van der Waals surface area contributed by atoms with Gasteiger partial charge in [0.15, 0.2) is 0 Å². The number of benzene rings is 2. The van der Waals surface area contributed by atoms with Crippen molar-refractivity contribution in [1.82, 2.24) is 15.2 Å². The summed E-state index contributed by atoms with van der Waals surface area (Å²) < 4.78 is 11.9. The molecule has 2 bridgehead atoms. The van der Waals surface area contributed by atoms with Crippen LogP contribution in [-0.4, -0.2) is 28.4 Å². The first-order valence-corrected chi connectivity index (χ1v) is 9.35. The fourth-order valence-electron chi connectivity index (χ4n) is 3.38. The van der Waals surface area contributed by atoms with Crippen molar-refractivity contribution in [3.05, 3.63) is 72.1 Å². The van der Waals surface area contributed by atoms with E-state index in [1.165, 1.54) is 0 Å². The van der Waals surface area contributed by atoms with E-state index < -0.39 is 0 Å². The highest BCUT2D eigenvalue weighted by atomic mass is 16.5. The number of ether oxygens (including phenoxy) is 2. The van der Waals surface area contributed by atoms with Gasteiger partial charge >= 0.3 is 0 Å². The number of aromatic nitrogens is 3. The molecule has 3 heterocycles.